The number of ether oxygens (including phenoxy) is 3. The molecule has 1 N–H and O–H groups in total. The predicted octanol–water partition coefficient (Wildman–Crippen LogP) is 5.03. The molecule has 2 aromatic carbocycles. The average Bonchev–Trinajstić information content (AvgIpc) is 3.05. The zero-order valence-corrected chi connectivity index (χ0v) is 16.5. The van der Waals surface area contributed by atoms with Crippen LogP contribution in [0.25, 0.3) is 0 Å². The van der Waals surface area contributed by atoms with Gasteiger partial charge in [-0.15, -0.1) is 0 Å². The van der Waals surface area contributed by atoms with E-state index < -0.39 is 0 Å². The number of carbonyl (C=O) groups is 1. The van der Waals surface area contributed by atoms with Crippen LogP contribution in [0.15, 0.2) is 63.5 Å². The number of fused-ring (bicyclic) bond motifs is 1. The molecule has 1 aliphatic rings. The number of rotatable bonds is 5. The number of hydrogen-bond donors (Lipinski definition) is 1. The number of furan rings is 1. The van der Waals surface area contributed by atoms with Crippen LogP contribution in [0.1, 0.15) is 22.7 Å². The Kier molecular flexibility index (Phi) is 5.53. The van der Waals surface area contributed by atoms with Crippen LogP contribution < -0.4 is 19.5 Å². The standard InChI is InChI=1S/C21H18BrNO5/c22-14-3-1-4-16(11-14)27-13-17-6-8-19(28-17)21(24)23-15-5-7-18-20(12-15)26-10-2-9-25-18/h1,3-8,11-12H,2,9-10,13H2,(H,23,24). The lowest BCUT2D eigenvalue weighted by Crippen LogP contribution is -2.11. The van der Waals surface area contributed by atoms with Gasteiger partial charge in [-0.1, -0.05) is 22.0 Å². The van der Waals surface area contributed by atoms with Crippen molar-refractivity contribution in [2.75, 3.05) is 18.5 Å². The molecule has 1 aliphatic heterocycles. The third kappa shape index (κ3) is 4.48. The van der Waals surface area contributed by atoms with Crippen molar-refractivity contribution in [2.24, 2.45) is 0 Å². The first-order chi connectivity index (χ1) is 13.7. The van der Waals surface area contributed by atoms with Gasteiger partial charge < -0.3 is 23.9 Å². The van der Waals surface area contributed by atoms with Crippen LogP contribution in [0.2, 0.25) is 0 Å². The van der Waals surface area contributed by atoms with E-state index in [1.807, 2.05) is 24.3 Å². The Labute approximate surface area is 170 Å². The average molecular weight is 444 g/mol. The summed E-state index contributed by atoms with van der Waals surface area (Å²) in [6, 6.07) is 16.2. The molecule has 0 bridgehead atoms. The van der Waals surface area contributed by atoms with Crippen molar-refractivity contribution in [1.82, 2.24) is 0 Å². The van der Waals surface area contributed by atoms with Gasteiger partial charge in [-0.2, -0.15) is 0 Å². The Bertz CT molecular complexity index is 984. The minimum Gasteiger partial charge on any atom is -0.490 e. The highest BCUT2D eigenvalue weighted by Crippen LogP contribution is 2.32. The second kappa shape index (κ2) is 8.39. The largest absolute Gasteiger partial charge is 0.490 e. The molecule has 2 heterocycles. The molecule has 0 saturated carbocycles. The van der Waals surface area contributed by atoms with E-state index in [4.69, 9.17) is 18.6 Å². The summed E-state index contributed by atoms with van der Waals surface area (Å²) in [7, 11) is 0. The van der Waals surface area contributed by atoms with Crippen LogP contribution in [0.4, 0.5) is 5.69 Å². The van der Waals surface area contributed by atoms with Gasteiger partial charge >= 0.3 is 0 Å². The maximum Gasteiger partial charge on any atom is 0.291 e. The Morgan fingerprint density at radius 2 is 1.89 bits per heavy atom. The summed E-state index contributed by atoms with van der Waals surface area (Å²) in [6.45, 7) is 1.44. The summed E-state index contributed by atoms with van der Waals surface area (Å²) < 4.78 is 23.4. The second-order valence-electron chi connectivity index (χ2n) is 6.18. The van der Waals surface area contributed by atoms with Gasteiger partial charge in [-0.25, -0.2) is 0 Å². The van der Waals surface area contributed by atoms with Gasteiger partial charge in [0.2, 0.25) is 0 Å². The minimum atomic E-state index is -0.344. The van der Waals surface area contributed by atoms with Crippen molar-refractivity contribution in [3.63, 3.8) is 0 Å². The molecule has 4 rings (SSSR count). The highest BCUT2D eigenvalue weighted by atomic mass is 79.9. The number of hydrogen-bond acceptors (Lipinski definition) is 5. The Balaban J connectivity index is 1.38. The molecule has 1 aromatic heterocycles. The lowest BCUT2D eigenvalue weighted by atomic mass is 10.2. The molecule has 0 atom stereocenters. The van der Waals surface area contributed by atoms with Gasteiger partial charge in [0, 0.05) is 22.6 Å². The molecular formula is C21H18BrNO5. The lowest BCUT2D eigenvalue weighted by molar-refractivity contribution is 0.0992. The van der Waals surface area contributed by atoms with Crippen LogP contribution in [0, 0.1) is 0 Å². The van der Waals surface area contributed by atoms with E-state index in [9.17, 15) is 4.79 Å². The third-order valence-corrected chi connectivity index (χ3v) is 4.56. The van der Waals surface area contributed by atoms with Crippen LogP contribution in [-0.2, 0) is 6.61 Å². The van der Waals surface area contributed by atoms with Crippen molar-refractivity contribution < 1.29 is 23.4 Å². The summed E-state index contributed by atoms with van der Waals surface area (Å²) in [5, 5.41) is 2.81. The molecule has 0 saturated heterocycles. The maximum absolute atomic E-state index is 12.5. The Morgan fingerprint density at radius 1 is 1.04 bits per heavy atom. The van der Waals surface area contributed by atoms with Crippen molar-refractivity contribution in [2.45, 2.75) is 13.0 Å². The topological polar surface area (TPSA) is 69.9 Å². The quantitative estimate of drug-likeness (QED) is 0.598. The number of amides is 1. The molecule has 6 nitrogen and oxygen atoms in total. The molecule has 0 spiro atoms. The SMILES string of the molecule is O=C(Nc1ccc2c(c1)OCCCO2)c1ccc(COc2cccc(Br)c2)o1. The van der Waals surface area contributed by atoms with Crippen molar-refractivity contribution in [3.8, 4) is 17.2 Å². The smallest absolute Gasteiger partial charge is 0.291 e. The molecule has 0 fully saturated rings. The van der Waals surface area contributed by atoms with Gasteiger partial charge in [0.05, 0.1) is 13.2 Å². The van der Waals surface area contributed by atoms with Crippen LogP contribution in [-0.4, -0.2) is 19.1 Å². The van der Waals surface area contributed by atoms with Crippen LogP contribution >= 0.6 is 15.9 Å². The first-order valence-corrected chi connectivity index (χ1v) is 9.65. The molecule has 0 aliphatic carbocycles. The van der Waals surface area contributed by atoms with E-state index in [1.165, 1.54) is 0 Å². The second-order valence-corrected chi connectivity index (χ2v) is 7.09. The fourth-order valence-electron chi connectivity index (χ4n) is 2.72. The number of halogens is 1. The summed E-state index contributed by atoms with van der Waals surface area (Å²) in [6.07, 6.45) is 0.827. The third-order valence-electron chi connectivity index (χ3n) is 4.07. The zero-order chi connectivity index (χ0) is 19.3. The number of anilines is 1. The predicted molar refractivity (Wildman–Crippen MR) is 107 cm³/mol. The first kappa shape index (κ1) is 18.4. The van der Waals surface area contributed by atoms with Gasteiger partial charge in [0.1, 0.15) is 18.1 Å². The van der Waals surface area contributed by atoms with E-state index in [-0.39, 0.29) is 18.3 Å². The summed E-state index contributed by atoms with van der Waals surface area (Å²) in [5.41, 5.74) is 0.609. The number of carbonyl (C=O) groups excluding carboxylic acids is 1. The van der Waals surface area contributed by atoms with E-state index >= 15 is 0 Å². The lowest BCUT2D eigenvalue weighted by Gasteiger charge is -2.09. The summed E-state index contributed by atoms with van der Waals surface area (Å²) in [5.74, 6) is 2.44. The Hall–Kier alpha value is -2.93. The van der Waals surface area contributed by atoms with Crippen molar-refractivity contribution in [3.05, 3.63) is 70.6 Å². The maximum atomic E-state index is 12.5. The van der Waals surface area contributed by atoms with E-state index in [0.29, 0.717) is 41.9 Å². The number of benzene rings is 2. The molecule has 28 heavy (non-hydrogen) atoms. The van der Waals surface area contributed by atoms with Gasteiger partial charge in [0.15, 0.2) is 17.3 Å². The van der Waals surface area contributed by atoms with Gasteiger partial charge in [-0.05, 0) is 42.5 Å². The monoisotopic (exact) mass is 443 g/mol. The zero-order valence-electron chi connectivity index (χ0n) is 14.9. The summed E-state index contributed by atoms with van der Waals surface area (Å²) in [4.78, 5) is 12.5. The highest BCUT2D eigenvalue weighted by molar-refractivity contribution is 9.10. The van der Waals surface area contributed by atoms with E-state index in [1.54, 1.807) is 30.3 Å². The fourth-order valence-corrected chi connectivity index (χ4v) is 3.10. The molecule has 144 valence electrons. The van der Waals surface area contributed by atoms with E-state index in [0.717, 1.165) is 10.9 Å². The van der Waals surface area contributed by atoms with Crippen molar-refractivity contribution in [1.29, 1.82) is 0 Å². The first-order valence-electron chi connectivity index (χ1n) is 8.85. The fraction of sp³-hybridized carbons (Fsp3) is 0.190. The van der Waals surface area contributed by atoms with Crippen molar-refractivity contribution >= 4 is 27.5 Å². The minimum absolute atomic E-state index is 0.208. The molecule has 0 radical (unpaired) electrons. The normalized spacial score (nSPS) is 12.9. The number of nitrogens with one attached hydrogen (secondary N) is 1. The molecular weight excluding hydrogens is 426 g/mol. The summed E-state index contributed by atoms with van der Waals surface area (Å²) >= 11 is 3.40. The van der Waals surface area contributed by atoms with E-state index in [2.05, 4.69) is 21.2 Å². The molecule has 3 aromatic rings. The van der Waals surface area contributed by atoms with Crippen LogP contribution in [0.3, 0.4) is 0 Å². The molecule has 1 amide bonds. The molecule has 0 unspecified atom stereocenters. The van der Waals surface area contributed by atoms with Crippen LogP contribution in [0.5, 0.6) is 17.2 Å². The molecule has 7 heteroatoms. The Morgan fingerprint density at radius 3 is 2.75 bits per heavy atom. The van der Waals surface area contributed by atoms with Gasteiger partial charge in [0.25, 0.3) is 5.91 Å². The highest BCUT2D eigenvalue weighted by Gasteiger charge is 2.15. The van der Waals surface area contributed by atoms with Gasteiger partial charge in [-0.3, -0.25) is 4.79 Å².